The molecule has 1 amide bonds. The zero-order chi connectivity index (χ0) is 15.8. The number of benzene rings is 1. The minimum atomic E-state index is -0.170. The summed E-state index contributed by atoms with van der Waals surface area (Å²) >= 11 is 1.38. The molecule has 1 saturated heterocycles. The molecule has 1 N–H and O–H groups in total. The van der Waals surface area contributed by atoms with Crippen LogP contribution in [-0.2, 0) is 11.8 Å². The maximum atomic E-state index is 12.6. The number of nitrogens with one attached hydrogen (secondary N) is 1. The SMILES string of the molecule is Cn1ccc2c(C(=O)Nc3nnc(C4CCCO4)s3)cccc21. The first-order valence-corrected chi connectivity index (χ1v) is 8.34. The monoisotopic (exact) mass is 328 g/mol. The Labute approximate surface area is 137 Å². The molecule has 6 nitrogen and oxygen atoms in total. The molecule has 0 saturated carbocycles. The summed E-state index contributed by atoms with van der Waals surface area (Å²) in [6.07, 6.45) is 3.98. The molecule has 2 aromatic heterocycles. The molecule has 1 aliphatic rings. The Hall–Kier alpha value is -2.25. The molecular formula is C16H16N4O2S. The number of hydrogen-bond donors (Lipinski definition) is 1. The zero-order valence-electron chi connectivity index (χ0n) is 12.7. The van der Waals surface area contributed by atoms with Crippen LogP contribution in [0, 0.1) is 0 Å². The molecule has 1 aliphatic heterocycles. The fourth-order valence-corrected chi connectivity index (χ4v) is 3.67. The number of carbonyl (C=O) groups excluding carboxylic acids is 1. The van der Waals surface area contributed by atoms with Gasteiger partial charge in [-0.15, -0.1) is 10.2 Å². The highest BCUT2D eigenvalue weighted by atomic mass is 32.1. The summed E-state index contributed by atoms with van der Waals surface area (Å²) in [7, 11) is 1.96. The molecule has 7 heteroatoms. The van der Waals surface area contributed by atoms with Crippen molar-refractivity contribution in [3.63, 3.8) is 0 Å². The van der Waals surface area contributed by atoms with Crippen molar-refractivity contribution in [1.82, 2.24) is 14.8 Å². The summed E-state index contributed by atoms with van der Waals surface area (Å²) in [5, 5.41) is 13.3. The molecule has 1 atom stereocenters. The van der Waals surface area contributed by atoms with E-state index in [-0.39, 0.29) is 12.0 Å². The van der Waals surface area contributed by atoms with E-state index in [1.165, 1.54) is 11.3 Å². The van der Waals surface area contributed by atoms with Gasteiger partial charge < -0.3 is 9.30 Å². The number of rotatable bonds is 3. The highest BCUT2D eigenvalue weighted by Gasteiger charge is 2.22. The first kappa shape index (κ1) is 14.3. The van der Waals surface area contributed by atoms with Gasteiger partial charge in [-0.05, 0) is 31.0 Å². The van der Waals surface area contributed by atoms with Crippen LogP contribution in [0.4, 0.5) is 5.13 Å². The van der Waals surface area contributed by atoms with Crippen molar-refractivity contribution in [3.05, 3.63) is 41.0 Å². The lowest BCUT2D eigenvalue weighted by molar-refractivity contribution is 0.102. The Bertz CT molecular complexity index is 864. The van der Waals surface area contributed by atoms with Gasteiger partial charge in [0.05, 0.1) is 0 Å². The second-order valence-corrected chi connectivity index (χ2v) is 6.58. The predicted molar refractivity (Wildman–Crippen MR) is 88.7 cm³/mol. The first-order valence-electron chi connectivity index (χ1n) is 7.53. The van der Waals surface area contributed by atoms with Crippen molar-refractivity contribution in [2.45, 2.75) is 18.9 Å². The normalized spacial score (nSPS) is 17.7. The molecule has 0 spiro atoms. The third-order valence-corrected chi connectivity index (χ3v) is 4.97. The average Bonchev–Trinajstić information content (AvgIpc) is 3.28. The van der Waals surface area contributed by atoms with E-state index in [0.717, 1.165) is 35.4 Å². The van der Waals surface area contributed by atoms with Crippen LogP contribution < -0.4 is 5.32 Å². The van der Waals surface area contributed by atoms with Gasteiger partial charge >= 0.3 is 0 Å². The highest BCUT2D eigenvalue weighted by molar-refractivity contribution is 7.15. The number of carbonyl (C=O) groups is 1. The molecule has 1 fully saturated rings. The van der Waals surface area contributed by atoms with E-state index in [1.807, 2.05) is 42.1 Å². The fourth-order valence-electron chi connectivity index (χ4n) is 2.85. The standard InChI is InChI=1S/C16H16N4O2S/c1-20-8-7-10-11(4-2-5-12(10)20)14(21)17-16-19-18-15(23-16)13-6-3-9-22-13/h2,4-5,7-8,13H,3,6,9H2,1H3,(H,17,19,21). The maximum absolute atomic E-state index is 12.6. The Balaban J connectivity index is 1.57. The minimum Gasteiger partial charge on any atom is -0.371 e. The third-order valence-electron chi connectivity index (χ3n) is 4.04. The van der Waals surface area contributed by atoms with Crippen molar-refractivity contribution in [2.75, 3.05) is 11.9 Å². The summed E-state index contributed by atoms with van der Waals surface area (Å²) < 4.78 is 7.59. The Morgan fingerprint density at radius 3 is 3.13 bits per heavy atom. The van der Waals surface area contributed by atoms with Crippen LogP contribution in [0.3, 0.4) is 0 Å². The second-order valence-electron chi connectivity index (χ2n) is 5.57. The lowest BCUT2D eigenvalue weighted by Crippen LogP contribution is -2.12. The van der Waals surface area contributed by atoms with Gasteiger partial charge in [-0.1, -0.05) is 17.4 Å². The van der Waals surface area contributed by atoms with Gasteiger partial charge in [-0.3, -0.25) is 10.1 Å². The van der Waals surface area contributed by atoms with E-state index >= 15 is 0 Å². The summed E-state index contributed by atoms with van der Waals surface area (Å²) in [5.74, 6) is -0.170. The summed E-state index contributed by atoms with van der Waals surface area (Å²) in [6, 6.07) is 7.64. The van der Waals surface area contributed by atoms with E-state index in [9.17, 15) is 4.79 Å². The van der Waals surface area contributed by atoms with Crippen LogP contribution in [0.25, 0.3) is 10.9 Å². The second kappa shape index (κ2) is 5.75. The molecule has 4 rings (SSSR count). The van der Waals surface area contributed by atoms with Crippen LogP contribution in [0.2, 0.25) is 0 Å². The van der Waals surface area contributed by atoms with Crippen LogP contribution in [0.1, 0.15) is 34.3 Å². The van der Waals surface area contributed by atoms with Crippen LogP contribution in [0.5, 0.6) is 0 Å². The zero-order valence-corrected chi connectivity index (χ0v) is 13.5. The quantitative estimate of drug-likeness (QED) is 0.802. The summed E-state index contributed by atoms with van der Waals surface area (Å²) in [5.41, 5.74) is 1.66. The topological polar surface area (TPSA) is 69.0 Å². The molecule has 1 aromatic carbocycles. The lowest BCUT2D eigenvalue weighted by atomic mass is 10.1. The van der Waals surface area contributed by atoms with E-state index in [2.05, 4.69) is 15.5 Å². The number of amides is 1. The summed E-state index contributed by atoms with van der Waals surface area (Å²) in [6.45, 7) is 0.766. The van der Waals surface area contributed by atoms with Crippen LogP contribution in [-0.4, -0.2) is 27.3 Å². The van der Waals surface area contributed by atoms with Crippen LogP contribution in [0.15, 0.2) is 30.5 Å². The fraction of sp³-hybridized carbons (Fsp3) is 0.312. The van der Waals surface area contributed by atoms with Gasteiger partial charge in [0.2, 0.25) is 5.13 Å². The van der Waals surface area contributed by atoms with Crippen molar-refractivity contribution in [1.29, 1.82) is 0 Å². The molecule has 1 unspecified atom stereocenters. The molecule has 3 heterocycles. The maximum Gasteiger partial charge on any atom is 0.258 e. The number of fused-ring (bicyclic) bond motifs is 1. The molecule has 0 bridgehead atoms. The van der Waals surface area contributed by atoms with E-state index < -0.39 is 0 Å². The van der Waals surface area contributed by atoms with Crippen molar-refractivity contribution in [3.8, 4) is 0 Å². The highest BCUT2D eigenvalue weighted by Crippen LogP contribution is 2.32. The van der Waals surface area contributed by atoms with E-state index in [0.29, 0.717) is 10.7 Å². The first-order chi connectivity index (χ1) is 11.2. The molecular weight excluding hydrogens is 312 g/mol. The number of aryl methyl sites for hydroxylation is 1. The third kappa shape index (κ3) is 2.62. The number of nitrogens with zero attached hydrogens (tertiary/aromatic N) is 3. The number of hydrogen-bond acceptors (Lipinski definition) is 5. The van der Waals surface area contributed by atoms with Gasteiger partial charge in [-0.2, -0.15) is 0 Å². The summed E-state index contributed by atoms with van der Waals surface area (Å²) in [4.78, 5) is 12.6. The Morgan fingerprint density at radius 2 is 2.30 bits per heavy atom. The average molecular weight is 328 g/mol. The lowest BCUT2D eigenvalue weighted by Gasteiger charge is -2.04. The van der Waals surface area contributed by atoms with Crippen molar-refractivity contribution in [2.24, 2.45) is 7.05 Å². The molecule has 0 radical (unpaired) electrons. The predicted octanol–water partition coefficient (Wildman–Crippen LogP) is 3.13. The number of ether oxygens (including phenoxy) is 1. The molecule has 118 valence electrons. The van der Waals surface area contributed by atoms with Gasteiger partial charge in [0.1, 0.15) is 11.1 Å². The van der Waals surface area contributed by atoms with E-state index in [4.69, 9.17) is 4.74 Å². The minimum absolute atomic E-state index is 0.0238. The van der Waals surface area contributed by atoms with Crippen molar-refractivity contribution >= 4 is 33.3 Å². The molecule has 3 aromatic rings. The molecule has 0 aliphatic carbocycles. The van der Waals surface area contributed by atoms with Gasteiger partial charge in [0.25, 0.3) is 5.91 Å². The largest absolute Gasteiger partial charge is 0.371 e. The number of aromatic nitrogens is 3. The van der Waals surface area contributed by atoms with Crippen molar-refractivity contribution < 1.29 is 9.53 Å². The smallest absolute Gasteiger partial charge is 0.258 e. The van der Waals surface area contributed by atoms with Gasteiger partial charge in [0.15, 0.2) is 0 Å². The van der Waals surface area contributed by atoms with Gasteiger partial charge in [0, 0.05) is 36.3 Å². The van der Waals surface area contributed by atoms with Gasteiger partial charge in [-0.25, -0.2) is 0 Å². The van der Waals surface area contributed by atoms with Crippen LogP contribution >= 0.6 is 11.3 Å². The van der Waals surface area contributed by atoms with E-state index in [1.54, 1.807) is 0 Å². The Kier molecular flexibility index (Phi) is 3.59. The molecule has 23 heavy (non-hydrogen) atoms. The Morgan fingerprint density at radius 1 is 1.39 bits per heavy atom. The number of anilines is 1.